The van der Waals surface area contributed by atoms with Crippen LogP contribution in [0.15, 0.2) is 47.2 Å². The highest BCUT2D eigenvalue weighted by Gasteiger charge is 2.23. The number of aromatic nitrogens is 7. The van der Waals surface area contributed by atoms with E-state index in [2.05, 4.69) is 40.8 Å². The van der Waals surface area contributed by atoms with Gasteiger partial charge in [-0.05, 0) is 51.3 Å². The first-order valence-corrected chi connectivity index (χ1v) is 14.8. The van der Waals surface area contributed by atoms with Gasteiger partial charge in [-0.3, -0.25) is 0 Å². The van der Waals surface area contributed by atoms with Crippen molar-refractivity contribution in [1.29, 1.82) is 0 Å². The van der Waals surface area contributed by atoms with E-state index in [4.69, 9.17) is 14.3 Å². The van der Waals surface area contributed by atoms with Crippen LogP contribution in [0, 0.1) is 0 Å². The van der Waals surface area contributed by atoms with E-state index in [0.717, 1.165) is 22.6 Å². The Morgan fingerprint density at radius 3 is 2.64 bits per heavy atom. The number of benzene rings is 1. The van der Waals surface area contributed by atoms with Crippen LogP contribution in [0.4, 0.5) is 4.79 Å². The molecule has 0 saturated carbocycles. The summed E-state index contributed by atoms with van der Waals surface area (Å²) in [5, 5.41) is 32.5. The van der Waals surface area contributed by atoms with Crippen molar-refractivity contribution >= 4 is 29.1 Å². The molecule has 4 rings (SSSR count). The van der Waals surface area contributed by atoms with E-state index in [1.807, 2.05) is 76.1 Å². The summed E-state index contributed by atoms with van der Waals surface area (Å²) in [5.41, 5.74) is 1.34. The van der Waals surface area contributed by atoms with Gasteiger partial charge < -0.3 is 24.7 Å². The minimum Gasteiger partial charge on any atom is -0.489 e. The average molecular weight is 627 g/mol. The third kappa shape index (κ3) is 9.07. The number of thiazole rings is 1. The van der Waals surface area contributed by atoms with Crippen molar-refractivity contribution in [2.75, 3.05) is 13.2 Å². The Morgan fingerprint density at radius 1 is 1.23 bits per heavy atom. The summed E-state index contributed by atoms with van der Waals surface area (Å²) in [7, 11) is 1.95. The molecule has 15 nitrogen and oxygen atoms in total. The van der Waals surface area contributed by atoms with Crippen LogP contribution >= 0.6 is 11.3 Å². The monoisotopic (exact) mass is 626 g/mol. The van der Waals surface area contributed by atoms with Crippen LogP contribution in [0.3, 0.4) is 0 Å². The zero-order valence-electron chi connectivity index (χ0n) is 25.2. The third-order valence-electron chi connectivity index (χ3n) is 6.06. The van der Waals surface area contributed by atoms with Gasteiger partial charge in [-0.15, -0.1) is 26.2 Å². The van der Waals surface area contributed by atoms with E-state index >= 15 is 0 Å². The molecule has 0 radical (unpaired) electrons. The van der Waals surface area contributed by atoms with Gasteiger partial charge in [0.05, 0.1) is 23.3 Å². The van der Waals surface area contributed by atoms with Crippen molar-refractivity contribution in [1.82, 2.24) is 35.6 Å². The van der Waals surface area contributed by atoms with Crippen molar-refractivity contribution in [3.8, 4) is 16.9 Å². The number of hydrogen-bond donors (Lipinski definition) is 3. The minimum absolute atomic E-state index is 0.0603. The van der Waals surface area contributed by atoms with E-state index in [1.165, 1.54) is 11.3 Å². The Hall–Kier alpha value is -4.86. The Morgan fingerprint density at radius 2 is 2.00 bits per heavy atom. The number of nitrogens with zero attached hydrogens (tertiary/aromatic N) is 7. The summed E-state index contributed by atoms with van der Waals surface area (Å²) in [6.07, 6.45) is 4.10. The number of carbonyl (C=O) groups is 2. The zero-order valence-corrected chi connectivity index (χ0v) is 26.0. The fraction of sp³-hybridized carbons (Fsp3) is 0.429. The van der Waals surface area contributed by atoms with Crippen molar-refractivity contribution in [2.24, 2.45) is 12.2 Å². The molecule has 3 N–H and O–H groups in total. The molecule has 0 bridgehead atoms. The molecule has 4 aromatic rings. The average Bonchev–Trinajstić information content (AvgIpc) is 3.74. The molecule has 0 spiro atoms. The zero-order chi connectivity index (χ0) is 31.7. The van der Waals surface area contributed by atoms with Crippen LogP contribution in [0.5, 0.6) is 5.75 Å². The molecule has 44 heavy (non-hydrogen) atoms. The maximum atomic E-state index is 11.8. The smallest absolute Gasteiger partial charge is 0.407 e. The van der Waals surface area contributed by atoms with Gasteiger partial charge in [-0.25, -0.2) is 14.6 Å². The second kappa shape index (κ2) is 14.5. The molecule has 0 aliphatic heterocycles. The molecule has 16 heteroatoms. The van der Waals surface area contributed by atoms with Crippen LogP contribution in [0.25, 0.3) is 11.1 Å². The molecule has 3 aromatic heterocycles. The maximum Gasteiger partial charge on any atom is 0.407 e. The number of carboxylic acids is 1. The Balaban J connectivity index is 1.35. The lowest BCUT2D eigenvalue weighted by Crippen LogP contribution is -2.39. The van der Waals surface area contributed by atoms with E-state index in [9.17, 15) is 14.7 Å². The second-order valence-electron chi connectivity index (χ2n) is 10.7. The summed E-state index contributed by atoms with van der Waals surface area (Å²) >= 11 is 1.35. The number of carbonyl (C=O) groups excluding carboxylic acids is 1. The minimum atomic E-state index is -1.28. The maximum absolute atomic E-state index is 11.8. The number of ether oxygens (including phenoxy) is 2. The molecule has 1 aromatic carbocycles. The van der Waals surface area contributed by atoms with Crippen LogP contribution < -0.4 is 14.7 Å². The molecular weight excluding hydrogens is 590 g/mol. The fourth-order valence-electron chi connectivity index (χ4n) is 3.94. The van der Waals surface area contributed by atoms with Gasteiger partial charge in [0.2, 0.25) is 23.8 Å². The van der Waals surface area contributed by atoms with E-state index in [0.29, 0.717) is 25.3 Å². The van der Waals surface area contributed by atoms with Crippen LogP contribution in [-0.2, 0) is 34.4 Å². The number of aryl methyl sites for hydroxylation is 3. The normalized spacial score (nSPS) is 12.5. The first-order valence-electron chi connectivity index (χ1n) is 13.9. The van der Waals surface area contributed by atoms with Gasteiger partial charge in [0, 0.05) is 11.9 Å². The van der Waals surface area contributed by atoms with Crippen LogP contribution in [-0.4, -0.2) is 71.9 Å². The molecule has 0 saturated heterocycles. The van der Waals surface area contributed by atoms with Gasteiger partial charge in [-0.2, -0.15) is 9.90 Å². The van der Waals surface area contributed by atoms with Crippen molar-refractivity contribution < 1.29 is 33.7 Å². The number of alkyl carbamates (subject to hydrolysis) is 1. The number of tetrazole rings is 1. The summed E-state index contributed by atoms with van der Waals surface area (Å²) in [6, 6.07) is 7.49. The van der Waals surface area contributed by atoms with E-state index in [1.54, 1.807) is 5.38 Å². The number of rotatable bonds is 14. The van der Waals surface area contributed by atoms with Crippen molar-refractivity contribution in [2.45, 2.75) is 58.8 Å². The number of aliphatic carboxylic acids is 1. The lowest BCUT2D eigenvalue weighted by Gasteiger charge is -2.19. The van der Waals surface area contributed by atoms with Crippen LogP contribution in [0.1, 0.15) is 56.7 Å². The molecule has 1 unspecified atom stereocenters. The Labute approximate surface area is 257 Å². The number of hydrogen-bond acceptors (Lipinski definition) is 11. The third-order valence-corrected chi connectivity index (χ3v) is 7.05. The van der Waals surface area contributed by atoms with Gasteiger partial charge in [0.15, 0.2) is 7.05 Å². The molecule has 1 amide bonds. The number of oxime groups is 1. The summed E-state index contributed by atoms with van der Waals surface area (Å²) in [5.74, 6) is -0.573. The Bertz CT molecular complexity index is 1560. The first kappa shape index (κ1) is 32.1. The second-order valence-corrected chi connectivity index (χ2v) is 11.6. The predicted octanol–water partition coefficient (Wildman–Crippen LogP) is 3.05. The topological polar surface area (TPSA) is 183 Å². The highest BCUT2D eigenvalue weighted by Crippen LogP contribution is 2.23. The molecule has 0 fully saturated rings. The molecule has 234 valence electrons. The van der Waals surface area contributed by atoms with Gasteiger partial charge in [-0.1, -0.05) is 29.4 Å². The largest absolute Gasteiger partial charge is 0.489 e. The first-order chi connectivity index (χ1) is 21.0. The molecule has 1 atom stereocenters. The SMILES string of the molecule is CCc1nc(/C(=N/OC(COc2ccc(-c3cn(CCCNC(=O)OC(C)(C)C)[n+](C)c3)cc2)c2nn[nH]n2)C(=O)O)cs1. The quantitative estimate of drug-likeness (QED) is 0.0814. The number of amides is 1. The van der Waals surface area contributed by atoms with Gasteiger partial charge in [0.25, 0.3) is 0 Å². The number of nitrogens with one attached hydrogen (secondary N) is 2. The standard InChI is InChI=1S/C28H35N9O6S/c1-6-23-30-21(17-44-23)24(26(38)39)33-43-22(25-31-34-35-32-25)16-41-20-10-8-18(9-11-20)19-14-36(5)37(15-19)13-7-12-29-27(40)42-28(2,3)4/h8-11,14-15,17,22H,6-7,12-13,16H2,1-5H3,(H2-,29,31,32,34,35,38,39,40)/p+1/b33-24-. The fourth-order valence-corrected chi connectivity index (χ4v) is 4.67. The number of H-pyrrole nitrogens is 1. The van der Waals surface area contributed by atoms with Crippen molar-refractivity contribution in [3.63, 3.8) is 0 Å². The summed E-state index contributed by atoms with van der Waals surface area (Å²) < 4.78 is 15.2. The van der Waals surface area contributed by atoms with E-state index in [-0.39, 0.29) is 23.8 Å². The molecular formula is C28H36N9O6S+. The summed E-state index contributed by atoms with van der Waals surface area (Å²) in [4.78, 5) is 33.5. The highest BCUT2D eigenvalue weighted by molar-refractivity contribution is 7.09. The molecule has 0 aliphatic carbocycles. The predicted molar refractivity (Wildman–Crippen MR) is 159 cm³/mol. The van der Waals surface area contributed by atoms with Crippen molar-refractivity contribution in [3.05, 3.63) is 58.6 Å². The van der Waals surface area contributed by atoms with E-state index < -0.39 is 23.8 Å². The van der Waals surface area contributed by atoms with Gasteiger partial charge in [0.1, 0.15) is 23.7 Å². The van der Waals surface area contributed by atoms with Gasteiger partial charge >= 0.3 is 12.1 Å². The highest BCUT2D eigenvalue weighted by atomic mass is 32.1. The Kier molecular flexibility index (Phi) is 10.6. The number of aromatic amines is 1. The number of carboxylic acid groups (broad SMARTS) is 1. The van der Waals surface area contributed by atoms with Crippen LogP contribution in [0.2, 0.25) is 0 Å². The lowest BCUT2D eigenvalue weighted by atomic mass is 10.1. The lowest BCUT2D eigenvalue weighted by molar-refractivity contribution is -0.753. The summed E-state index contributed by atoms with van der Waals surface area (Å²) in [6.45, 7) is 8.56. The molecule has 3 heterocycles. The molecule has 0 aliphatic rings.